The number of morpholine rings is 1. The number of benzene rings is 1. The summed E-state index contributed by atoms with van der Waals surface area (Å²) >= 11 is 0. The van der Waals surface area contributed by atoms with Crippen LogP contribution < -0.4 is 10.6 Å². The Morgan fingerprint density at radius 1 is 1.32 bits per heavy atom. The zero-order valence-corrected chi connectivity index (χ0v) is 20.3. The minimum atomic E-state index is -0.445. The Bertz CT molecular complexity index is 980. The highest BCUT2D eigenvalue weighted by atomic mass is 16.5. The first kappa shape index (κ1) is 24.2. The minimum absolute atomic E-state index is 0.0379. The molecule has 34 heavy (non-hydrogen) atoms. The molecule has 9 nitrogen and oxygen atoms in total. The molecule has 1 aliphatic carbocycles. The number of hydrogen-bond donors (Lipinski definition) is 2. The Balaban J connectivity index is 1.56. The van der Waals surface area contributed by atoms with Crippen LogP contribution in [0.25, 0.3) is 5.69 Å². The summed E-state index contributed by atoms with van der Waals surface area (Å²) in [6.07, 6.45) is 2.62. The normalized spacial score (nSPS) is 18.9. The molecular formula is C25H35N5O4. The van der Waals surface area contributed by atoms with Gasteiger partial charge in [0.2, 0.25) is 0 Å². The fourth-order valence-corrected chi connectivity index (χ4v) is 4.34. The van der Waals surface area contributed by atoms with Crippen LogP contribution in [0.5, 0.6) is 0 Å². The van der Waals surface area contributed by atoms with Gasteiger partial charge >= 0.3 is 6.09 Å². The van der Waals surface area contributed by atoms with E-state index < -0.39 is 12.2 Å². The van der Waals surface area contributed by atoms with E-state index in [-0.39, 0.29) is 18.0 Å². The Kier molecular flexibility index (Phi) is 7.84. The lowest BCUT2D eigenvalue weighted by molar-refractivity contribution is -0.148. The maximum absolute atomic E-state index is 13.4. The van der Waals surface area contributed by atoms with E-state index in [4.69, 9.17) is 9.84 Å². The molecule has 2 atom stereocenters. The van der Waals surface area contributed by atoms with Gasteiger partial charge in [0.25, 0.3) is 5.91 Å². The number of carbonyl (C=O) groups excluding carboxylic acids is 2. The van der Waals surface area contributed by atoms with E-state index in [0.717, 1.165) is 49.3 Å². The lowest BCUT2D eigenvalue weighted by Gasteiger charge is -2.33. The lowest BCUT2D eigenvalue weighted by Crippen LogP contribution is -2.50. The van der Waals surface area contributed by atoms with E-state index in [9.17, 15) is 9.59 Å². The predicted molar refractivity (Wildman–Crippen MR) is 128 cm³/mol. The molecule has 2 heterocycles. The number of methoxy groups -OCH3 is 1. The van der Waals surface area contributed by atoms with Crippen LogP contribution in [0.15, 0.2) is 30.3 Å². The molecule has 2 N–H and O–H groups in total. The van der Waals surface area contributed by atoms with E-state index in [1.54, 1.807) is 0 Å². The molecule has 1 saturated carbocycles. The number of rotatable bonds is 9. The first-order valence-electron chi connectivity index (χ1n) is 12.1. The van der Waals surface area contributed by atoms with Crippen molar-refractivity contribution in [2.24, 2.45) is 0 Å². The molecule has 0 radical (unpaired) electrons. The largest absolute Gasteiger partial charge is 0.453 e. The van der Waals surface area contributed by atoms with Crippen molar-refractivity contribution in [3.8, 4) is 5.69 Å². The molecule has 2 aromatic rings. The molecule has 4 rings (SSSR count). The third-order valence-corrected chi connectivity index (χ3v) is 6.39. The molecule has 2 amide bonds. The zero-order valence-electron chi connectivity index (χ0n) is 20.3. The second kappa shape index (κ2) is 11.0. The monoisotopic (exact) mass is 469 g/mol. The number of alkyl carbamates (subject to hydrolysis) is 1. The first-order valence-corrected chi connectivity index (χ1v) is 12.1. The molecule has 1 aromatic heterocycles. The van der Waals surface area contributed by atoms with Crippen LogP contribution in [0, 0.1) is 6.92 Å². The second-order valence-electron chi connectivity index (χ2n) is 9.05. The van der Waals surface area contributed by atoms with E-state index in [1.165, 1.54) is 12.7 Å². The Labute approximate surface area is 200 Å². The van der Waals surface area contributed by atoms with Crippen LogP contribution in [0.1, 0.15) is 49.2 Å². The molecule has 184 valence electrons. The molecule has 0 spiro atoms. The lowest BCUT2D eigenvalue weighted by atomic mass is 10.1. The number of amides is 2. The van der Waals surface area contributed by atoms with Crippen molar-refractivity contribution < 1.29 is 19.1 Å². The Morgan fingerprint density at radius 2 is 2.09 bits per heavy atom. The number of aromatic nitrogens is 2. The van der Waals surface area contributed by atoms with Gasteiger partial charge in [0.15, 0.2) is 0 Å². The summed E-state index contributed by atoms with van der Waals surface area (Å²) in [5.41, 5.74) is 4.06. The zero-order chi connectivity index (χ0) is 24.1. The van der Waals surface area contributed by atoms with Crippen molar-refractivity contribution >= 4 is 12.0 Å². The van der Waals surface area contributed by atoms with Crippen LogP contribution in [0.4, 0.5) is 4.79 Å². The number of ether oxygens (including phenoxy) is 2. The van der Waals surface area contributed by atoms with Crippen LogP contribution in [-0.4, -0.2) is 72.2 Å². The van der Waals surface area contributed by atoms with Gasteiger partial charge in [-0.25, -0.2) is 9.48 Å². The van der Waals surface area contributed by atoms with Crippen LogP contribution in [0.2, 0.25) is 0 Å². The van der Waals surface area contributed by atoms with Crippen molar-refractivity contribution in [1.29, 1.82) is 0 Å². The van der Waals surface area contributed by atoms with Gasteiger partial charge in [0, 0.05) is 31.4 Å². The highest BCUT2D eigenvalue weighted by molar-refractivity contribution is 5.82. The standard InChI is InChI=1S/C25H35N5O4/c1-17-6-8-20(9-7-17)30-21(5-4-12-27-25(32)33-3)15-22(28-30)18(2)29(19-10-11-19)24(31)23-16-26-13-14-34-23/h6-9,15,18-19,23,26H,4-5,10-14,16H2,1-3H3,(H,27,32)/t18-,23-/m1/s1. The summed E-state index contributed by atoms with van der Waals surface area (Å²) in [4.78, 5) is 26.7. The molecule has 9 heteroatoms. The van der Waals surface area contributed by atoms with Crippen molar-refractivity contribution in [2.75, 3.05) is 33.4 Å². The van der Waals surface area contributed by atoms with Crippen molar-refractivity contribution in [3.05, 3.63) is 47.3 Å². The van der Waals surface area contributed by atoms with Crippen molar-refractivity contribution in [3.63, 3.8) is 0 Å². The van der Waals surface area contributed by atoms with E-state index >= 15 is 0 Å². The maximum atomic E-state index is 13.4. The van der Waals surface area contributed by atoms with Gasteiger partial charge in [-0.15, -0.1) is 0 Å². The summed E-state index contributed by atoms with van der Waals surface area (Å²) in [6.45, 7) is 6.49. The van der Waals surface area contributed by atoms with E-state index in [2.05, 4.69) is 59.5 Å². The summed E-state index contributed by atoms with van der Waals surface area (Å²) in [5.74, 6) is 0.0379. The average molecular weight is 470 g/mol. The minimum Gasteiger partial charge on any atom is -0.453 e. The number of nitrogens with one attached hydrogen (secondary N) is 2. The summed E-state index contributed by atoms with van der Waals surface area (Å²) in [7, 11) is 1.36. The summed E-state index contributed by atoms with van der Waals surface area (Å²) in [5, 5.41) is 10.9. The van der Waals surface area contributed by atoms with E-state index in [0.29, 0.717) is 19.7 Å². The summed E-state index contributed by atoms with van der Waals surface area (Å²) in [6, 6.07) is 10.4. The average Bonchev–Trinajstić information content (AvgIpc) is 3.60. The highest BCUT2D eigenvalue weighted by Gasteiger charge is 2.40. The molecule has 2 fully saturated rings. The van der Waals surface area contributed by atoms with Gasteiger partial charge in [-0.3, -0.25) is 4.79 Å². The molecule has 2 aliphatic rings. The quantitative estimate of drug-likeness (QED) is 0.548. The number of hydrogen-bond acceptors (Lipinski definition) is 6. The third-order valence-electron chi connectivity index (χ3n) is 6.39. The Hall–Kier alpha value is -2.91. The van der Waals surface area contributed by atoms with Crippen molar-refractivity contribution in [1.82, 2.24) is 25.3 Å². The molecule has 0 unspecified atom stereocenters. The first-order chi connectivity index (χ1) is 16.5. The SMILES string of the molecule is COC(=O)NCCCc1cc([C@@H](C)N(C(=O)[C@H]2CNCCO2)C2CC2)nn1-c1ccc(C)cc1. The van der Waals surface area contributed by atoms with Gasteiger partial charge < -0.3 is 25.0 Å². The van der Waals surface area contributed by atoms with Gasteiger partial charge in [-0.2, -0.15) is 5.10 Å². The highest BCUT2D eigenvalue weighted by Crippen LogP contribution is 2.35. The maximum Gasteiger partial charge on any atom is 0.406 e. The molecule has 0 bridgehead atoms. The number of nitrogens with zero attached hydrogens (tertiary/aromatic N) is 3. The van der Waals surface area contributed by atoms with Crippen LogP contribution in [-0.2, 0) is 20.7 Å². The molecule has 1 aliphatic heterocycles. The fraction of sp³-hybridized carbons (Fsp3) is 0.560. The third kappa shape index (κ3) is 5.77. The smallest absolute Gasteiger partial charge is 0.406 e. The van der Waals surface area contributed by atoms with Gasteiger partial charge in [-0.05, 0) is 57.7 Å². The molecule has 1 saturated heterocycles. The Morgan fingerprint density at radius 3 is 2.74 bits per heavy atom. The summed E-state index contributed by atoms with van der Waals surface area (Å²) < 4.78 is 12.4. The van der Waals surface area contributed by atoms with Gasteiger partial charge in [0.05, 0.1) is 31.1 Å². The molecule has 1 aromatic carbocycles. The van der Waals surface area contributed by atoms with Crippen LogP contribution >= 0.6 is 0 Å². The van der Waals surface area contributed by atoms with Gasteiger partial charge in [0.1, 0.15) is 6.10 Å². The molecular weight excluding hydrogens is 434 g/mol. The second-order valence-corrected chi connectivity index (χ2v) is 9.05. The number of carbonyl (C=O) groups is 2. The van der Waals surface area contributed by atoms with E-state index in [1.807, 2.05) is 9.58 Å². The fourth-order valence-electron chi connectivity index (χ4n) is 4.34. The van der Waals surface area contributed by atoms with Crippen molar-refractivity contribution in [2.45, 2.75) is 57.7 Å². The topological polar surface area (TPSA) is 97.7 Å². The predicted octanol–water partition coefficient (Wildman–Crippen LogP) is 2.51. The number of aryl methyl sites for hydroxylation is 2. The van der Waals surface area contributed by atoms with Gasteiger partial charge in [-0.1, -0.05) is 17.7 Å². The van der Waals surface area contributed by atoms with Crippen LogP contribution in [0.3, 0.4) is 0 Å².